The van der Waals surface area contributed by atoms with E-state index in [1.807, 2.05) is 20.8 Å². The molecule has 0 radical (unpaired) electrons. The van der Waals surface area contributed by atoms with Crippen LogP contribution in [0.3, 0.4) is 0 Å². The summed E-state index contributed by atoms with van der Waals surface area (Å²) in [7, 11) is 0. The van der Waals surface area contributed by atoms with Gasteiger partial charge < -0.3 is 10.4 Å². The number of aromatic nitrogens is 1. The molecule has 116 valence electrons. The lowest BCUT2D eigenvalue weighted by atomic mass is 9.84. The molecule has 7 heteroatoms. The number of hydrogen-bond acceptors (Lipinski definition) is 5. The van der Waals surface area contributed by atoms with Gasteiger partial charge in [0.25, 0.3) is 0 Å². The fourth-order valence-electron chi connectivity index (χ4n) is 2.04. The molecule has 0 fully saturated rings. The summed E-state index contributed by atoms with van der Waals surface area (Å²) in [6, 6.07) is 1.41. The van der Waals surface area contributed by atoms with Crippen molar-refractivity contribution in [2.24, 2.45) is 11.3 Å². The van der Waals surface area contributed by atoms with E-state index >= 15 is 0 Å². The Balaban J connectivity index is 2.86. The van der Waals surface area contributed by atoms with Gasteiger partial charge in [0, 0.05) is 18.8 Å². The molecule has 7 nitrogen and oxygen atoms in total. The summed E-state index contributed by atoms with van der Waals surface area (Å²) in [6.45, 7) is 7.67. The first-order valence-corrected chi connectivity index (χ1v) is 6.68. The largest absolute Gasteiger partial charge is 0.481 e. The van der Waals surface area contributed by atoms with E-state index < -0.39 is 16.8 Å². The predicted octanol–water partition coefficient (Wildman–Crippen LogP) is 2.85. The number of anilines is 1. The molecule has 0 amide bonds. The number of carboxylic acids is 1. The number of nitrogens with zero attached hydrogens (tertiary/aromatic N) is 2. The number of carbonyl (C=O) groups is 1. The summed E-state index contributed by atoms with van der Waals surface area (Å²) in [5.74, 6) is -1.45. The number of aryl methyl sites for hydroxylation is 1. The van der Waals surface area contributed by atoms with Gasteiger partial charge in [0.1, 0.15) is 0 Å². The monoisotopic (exact) mass is 295 g/mol. The Hall–Kier alpha value is -2.18. The van der Waals surface area contributed by atoms with Crippen LogP contribution in [0.2, 0.25) is 0 Å². The van der Waals surface area contributed by atoms with Crippen LogP contribution >= 0.6 is 0 Å². The van der Waals surface area contributed by atoms with Crippen molar-refractivity contribution in [3.63, 3.8) is 0 Å². The fourth-order valence-corrected chi connectivity index (χ4v) is 2.04. The minimum absolute atomic E-state index is 0.101. The van der Waals surface area contributed by atoms with Gasteiger partial charge in [-0.3, -0.25) is 14.9 Å². The molecule has 0 aliphatic rings. The molecule has 0 saturated carbocycles. The summed E-state index contributed by atoms with van der Waals surface area (Å²) in [5, 5.41) is 23.0. The Morgan fingerprint density at radius 2 is 2.14 bits per heavy atom. The third-order valence-electron chi connectivity index (χ3n) is 2.92. The molecule has 1 heterocycles. The van der Waals surface area contributed by atoms with Crippen LogP contribution in [-0.4, -0.2) is 27.5 Å². The Morgan fingerprint density at radius 1 is 1.52 bits per heavy atom. The highest BCUT2D eigenvalue weighted by Crippen LogP contribution is 2.27. The number of hydrogen-bond donors (Lipinski definition) is 2. The highest BCUT2D eigenvalue weighted by Gasteiger charge is 2.25. The average molecular weight is 295 g/mol. The zero-order valence-corrected chi connectivity index (χ0v) is 12.7. The second-order valence-electron chi connectivity index (χ2n) is 6.32. The van der Waals surface area contributed by atoms with Crippen LogP contribution in [0.5, 0.6) is 0 Å². The molecule has 0 spiro atoms. The zero-order chi connectivity index (χ0) is 16.2. The molecular weight excluding hydrogens is 274 g/mol. The Labute approximate surface area is 123 Å². The van der Waals surface area contributed by atoms with E-state index in [2.05, 4.69) is 10.3 Å². The first-order valence-electron chi connectivity index (χ1n) is 6.68. The molecule has 1 unspecified atom stereocenters. The van der Waals surface area contributed by atoms with Crippen LogP contribution in [0.4, 0.5) is 11.5 Å². The van der Waals surface area contributed by atoms with Crippen molar-refractivity contribution in [3.05, 3.63) is 27.9 Å². The molecule has 2 N–H and O–H groups in total. The minimum Gasteiger partial charge on any atom is -0.481 e. The second-order valence-corrected chi connectivity index (χ2v) is 6.32. The third-order valence-corrected chi connectivity index (χ3v) is 2.92. The molecule has 0 aromatic carbocycles. The number of pyridine rings is 1. The Bertz CT molecular complexity index is 538. The van der Waals surface area contributed by atoms with Crippen molar-refractivity contribution in [1.82, 2.24) is 4.98 Å². The summed E-state index contributed by atoms with van der Waals surface area (Å²) < 4.78 is 0. The van der Waals surface area contributed by atoms with Crippen LogP contribution in [0.25, 0.3) is 0 Å². The molecule has 1 atom stereocenters. The maximum Gasteiger partial charge on any atom is 0.311 e. The SMILES string of the molecule is Cc1cnc(NCC(CC(C)(C)C)C(=O)O)c([N+](=O)[O-])c1. The lowest BCUT2D eigenvalue weighted by Crippen LogP contribution is -2.27. The van der Waals surface area contributed by atoms with Gasteiger partial charge in [0.2, 0.25) is 5.82 Å². The van der Waals surface area contributed by atoms with Crippen LogP contribution in [0.15, 0.2) is 12.3 Å². The van der Waals surface area contributed by atoms with Crippen LogP contribution in [-0.2, 0) is 4.79 Å². The van der Waals surface area contributed by atoms with Gasteiger partial charge in [-0.05, 0) is 24.3 Å². The van der Waals surface area contributed by atoms with Crippen molar-refractivity contribution in [2.75, 3.05) is 11.9 Å². The van der Waals surface area contributed by atoms with Crippen molar-refractivity contribution in [2.45, 2.75) is 34.1 Å². The summed E-state index contributed by atoms with van der Waals surface area (Å²) in [4.78, 5) is 25.7. The van der Waals surface area contributed by atoms with Gasteiger partial charge in [-0.15, -0.1) is 0 Å². The Kier molecular flexibility index (Phi) is 5.23. The third kappa shape index (κ3) is 5.37. The first-order chi connectivity index (χ1) is 9.60. The highest BCUT2D eigenvalue weighted by atomic mass is 16.6. The van der Waals surface area contributed by atoms with E-state index in [-0.39, 0.29) is 23.5 Å². The van der Waals surface area contributed by atoms with Crippen LogP contribution in [0.1, 0.15) is 32.8 Å². The van der Waals surface area contributed by atoms with Gasteiger partial charge in [0.05, 0.1) is 10.8 Å². The normalized spacial score (nSPS) is 12.8. The lowest BCUT2D eigenvalue weighted by molar-refractivity contribution is -0.384. The number of rotatable bonds is 6. The average Bonchev–Trinajstić information content (AvgIpc) is 2.33. The van der Waals surface area contributed by atoms with E-state index in [1.54, 1.807) is 6.92 Å². The first kappa shape index (κ1) is 16.9. The number of nitro groups is 1. The van der Waals surface area contributed by atoms with Crippen molar-refractivity contribution >= 4 is 17.5 Å². The van der Waals surface area contributed by atoms with Crippen LogP contribution < -0.4 is 5.32 Å². The topological polar surface area (TPSA) is 105 Å². The molecule has 0 saturated heterocycles. The van der Waals surface area contributed by atoms with Gasteiger partial charge in [0.15, 0.2) is 0 Å². The zero-order valence-electron chi connectivity index (χ0n) is 12.7. The molecule has 1 rings (SSSR count). The van der Waals surface area contributed by atoms with E-state index in [0.717, 1.165) is 0 Å². The molecule has 1 aromatic heterocycles. The van der Waals surface area contributed by atoms with E-state index in [4.69, 9.17) is 0 Å². The van der Waals surface area contributed by atoms with Gasteiger partial charge >= 0.3 is 11.7 Å². The smallest absolute Gasteiger partial charge is 0.311 e. The molecule has 0 aliphatic heterocycles. The van der Waals surface area contributed by atoms with Gasteiger partial charge in [-0.25, -0.2) is 4.98 Å². The van der Waals surface area contributed by atoms with E-state index in [0.29, 0.717) is 12.0 Å². The van der Waals surface area contributed by atoms with Gasteiger partial charge in [-0.2, -0.15) is 0 Å². The Morgan fingerprint density at radius 3 is 2.62 bits per heavy atom. The number of aliphatic carboxylic acids is 1. The van der Waals surface area contributed by atoms with Crippen molar-refractivity contribution in [3.8, 4) is 0 Å². The predicted molar refractivity (Wildman–Crippen MR) is 79.3 cm³/mol. The molecular formula is C14H21N3O4. The van der Waals surface area contributed by atoms with Crippen molar-refractivity contribution < 1.29 is 14.8 Å². The second kappa shape index (κ2) is 6.51. The van der Waals surface area contributed by atoms with Crippen molar-refractivity contribution in [1.29, 1.82) is 0 Å². The molecule has 21 heavy (non-hydrogen) atoms. The summed E-state index contributed by atoms with van der Waals surface area (Å²) in [5.41, 5.74) is 0.392. The quantitative estimate of drug-likeness (QED) is 0.617. The fraction of sp³-hybridized carbons (Fsp3) is 0.571. The summed E-state index contributed by atoms with van der Waals surface area (Å²) >= 11 is 0. The van der Waals surface area contributed by atoms with E-state index in [1.165, 1.54) is 12.3 Å². The minimum atomic E-state index is -0.924. The highest BCUT2D eigenvalue weighted by molar-refractivity contribution is 5.71. The molecule has 1 aromatic rings. The molecule has 0 aliphatic carbocycles. The van der Waals surface area contributed by atoms with Crippen LogP contribution in [0, 0.1) is 28.4 Å². The lowest BCUT2D eigenvalue weighted by Gasteiger charge is -2.23. The van der Waals surface area contributed by atoms with Gasteiger partial charge in [-0.1, -0.05) is 20.8 Å². The van der Waals surface area contributed by atoms with E-state index in [9.17, 15) is 20.0 Å². The molecule has 0 bridgehead atoms. The number of carboxylic acid groups (broad SMARTS) is 1. The maximum atomic E-state index is 11.3. The summed E-state index contributed by atoms with van der Waals surface area (Å²) in [6.07, 6.45) is 1.98. The number of nitrogens with one attached hydrogen (secondary N) is 1. The standard InChI is InChI=1S/C14H21N3O4/c1-9-5-11(17(20)21)12(15-7-9)16-8-10(13(18)19)6-14(2,3)4/h5,7,10H,6,8H2,1-4H3,(H,15,16)(H,18,19). The maximum absolute atomic E-state index is 11.3.